The highest BCUT2D eigenvalue weighted by molar-refractivity contribution is 7.98. The Hall–Kier alpha value is -1.72. The van der Waals surface area contributed by atoms with Crippen LogP contribution in [-0.2, 0) is 12.2 Å². The zero-order valence-electron chi connectivity index (χ0n) is 11.1. The molecule has 6 heteroatoms. The monoisotopic (exact) mass is 317 g/mol. The number of para-hydroxylation sites is 2. The number of carbonyl (C=O) groups excluding carboxylic acids is 1. The van der Waals surface area contributed by atoms with E-state index in [1.165, 1.54) is 0 Å². The molecule has 3 heterocycles. The summed E-state index contributed by atoms with van der Waals surface area (Å²) in [7, 11) is 0. The van der Waals surface area contributed by atoms with E-state index in [2.05, 4.69) is 4.98 Å². The molecule has 0 spiro atoms. The summed E-state index contributed by atoms with van der Waals surface area (Å²) in [6.45, 7) is 0. The van der Waals surface area contributed by atoms with Crippen molar-refractivity contribution in [3.63, 3.8) is 0 Å². The third-order valence-corrected chi connectivity index (χ3v) is 5.27. The number of nitrogens with zero attached hydrogens (tertiary/aromatic N) is 2. The highest BCUT2D eigenvalue weighted by Crippen LogP contribution is 2.36. The Balaban J connectivity index is 2.26. The maximum absolute atomic E-state index is 12.0. The molecule has 3 aromatic rings. The molecule has 1 aromatic carbocycles. The van der Waals surface area contributed by atoms with E-state index in [9.17, 15) is 4.79 Å². The lowest BCUT2D eigenvalue weighted by atomic mass is 10.0. The Morgan fingerprint density at radius 1 is 1.33 bits per heavy atom. The molecule has 1 amide bonds. The summed E-state index contributed by atoms with van der Waals surface area (Å²) >= 11 is 8.43. The molecule has 0 bridgehead atoms. The van der Waals surface area contributed by atoms with Gasteiger partial charge in [-0.25, -0.2) is 4.98 Å². The molecule has 0 aliphatic carbocycles. The van der Waals surface area contributed by atoms with Crippen LogP contribution < -0.4 is 5.73 Å². The molecule has 0 saturated carbocycles. The first-order chi connectivity index (χ1) is 10.2. The van der Waals surface area contributed by atoms with E-state index in [4.69, 9.17) is 17.3 Å². The Morgan fingerprint density at radius 3 is 2.95 bits per heavy atom. The van der Waals surface area contributed by atoms with Crippen molar-refractivity contribution in [2.45, 2.75) is 12.2 Å². The van der Waals surface area contributed by atoms with Crippen LogP contribution in [0.4, 0.5) is 0 Å². The molecule has 0 fully saturated rings. The molecule has 106 valence electrons. The molecule has 0 radical (unpaired) electrons. The summed E-state index contributed by atoms with van der Waals surface area (Å²) in [5, 5.41) is 0.644. The molecule has 0 unspecified atom stereocenters. The number of hydrogen-bond donors (Lipinski definition) is 1. The second-order valence-corrected chi connectivity index (χ2v) is 6.51. The predicted octanol–water partition coefficient (Wildman–Crippen LogP) is 3.03. The molecule has 1 aliphatic heterocycles. The zero-order valence-corrected chi connectivity index (χ0v) is 12.7. The summed E-state index contributed by atoms with van der Waals surface area (Å²) < 4.78 is 1.85. The summed E-state index contributed by atoms with van der Waals surface area (Å²) in [5.74, 6) is 1.34. The Bertz CT molecular complexity index is 903. The molecule has 2 aromatic heterocycles. The number of rotatable bonds is 1. The number of imidazole rings is 1. The molecule has 2 N–H and O–H groups in total. The fourth-order valence-electron chi connectivity index (χ4n) is 2.97. The highest BCUT2D eigenvalue weighted by Gasteiger charge is 2.26. The average Bonchev–Trinajstić information content (AvgIpc) is 2.86. The first-order valence-electron chi connectivity index (χ1n) is 6.66. The smallest absolute Gasteiger partial charge is 0.252 e. The SMILES string of the molecule is NC(=O)c1c2c(c(Cl)n3c1nc1ccccc13)CSCC2. The summed E-state index contributed by atoms with van der Waals surface area (Å²) in [5.41, 5.74) is 10.4. The van der Waals surface area contributed by atoms with Crippen molar-refractivity contribution in [1.29, 1.82) is 0 Å². The second-order valence-electron chi connectivity index (χ2n) is 5.05. The van der Waals surface area contributed by atoms with Gasteiger partial charge in [-0.15, -0.1) is 0 Å². The minimum absolute atomic E-state index is 0.435. The van der Waals surface area contributed by atoms with Gasteiger partial charge in [0.25, 0.3) is 5.91 Å². The predicted molar refractivity (Wildman–Crippen MR) is 86.1 cm³/mol. The van der Waals surface area contributed by atoms with Crippen LogP contribution in [0.2, 0.25) is 5.15 Å². The third kappa shape index (κ3) is 1.77. The van der Waals surface area contributed by atoms with Gasteiger partial charge in [0.1, 0.15) is 5.15 Å². The van der Waals surface area contributed by atoms with Gasteiger partial charge in [0.05, 0.1) is 16.6 Å². The first-order valence-corrected chi connectivity index (χ1v) is 8.19. The number of carbonyl (C=O) groups is 1. The van der Waals surface area contributed by atoms with E-state index in [0.29, 0.717) is 16.4 Å². The van der Waals surface area contributed by atoms with Crippen LogP contribution >= 0.6 is 23.4 Å². The maximum Gasteiger partial charge on any atom is 0.252 e. The molecule has 4 nitrogen and oxygen atoms in total. The molecule has 0 atom stereocenters. The Labute approximate surface area is 130 Å². The first kappa shape index (κ1) is 13.0. The summed E-state index contributed by atoms with van der Waals surface area (Å²) in [6.07, 6.45) is 0.803. The number of primary amides is 1. The van der Waals surface area contributed by atoms with E-state index >= 15 is 0 Å². The van der Waals surface area contributed by atoms with E-state index in [1.54, 1.807) is 0 Å². The Kier molecular flexibility index (Phi) is 2.87. The van der Waals surface area contributed by atoms with Crippen molar-refractivity contribution in [3.05, 3.63) is 46.1 Å². The Morgan fingerprint density at radius 2 is 2.14 bits per heavy atom. The lowest BCUT2D eigenvalue weighted by molar-refractivity contribution is 0.100. The number of amides is 1. The average molecular weight is 318 g/mol. The largest absolute Gasteiger partial charge is 0.365 e. The minimum atomic E-state index is -0.435. The normalized spacial score (nSPS) is 14.5. The van der Waals surface area contributed by atoms with Gasteiger partial charge in [-0.2, -0.15) is 11.8 Å². The number of benzene rings is 1. The molecule has 4 rings (SSSR count). The van der Waals surface area contributed by atoms with Crippen LogP contribution in [0.1, 0.15) is 21.5 Å². The van der Waals surface area contributed by atoms with Crippen LogP contribution in [-0.4, -0.2) is 21.0 Å². The van der Waals surface area contributed by atoms with Crippen molar-refractivity contribution >= 4 is 46.0 Å². The van der Waals surface area contributed by atoms with Crippen LogP contribution in [0.25, 0.3) is 16.7 Å². The van der Waals surface area contributed by atoms with Gasteiger partial charge in [0.15, 0.2) is 5.65 Å². The van der Waals surface area contributed by atoms with Crippen LogP contribution in [0.5, 0.6) is 0 Å². The molecule has 21 heavy (non-hydrogen) atoms. The molecular formula is C15H12ClN3OS. The van der Waals surface area contributed by atoms with Crippen molar-refractivity contribution in [3.8, 4) is 0 Å². The topological polar surface area (TPSA) is 60.4 Å². The molecule has 1 aliphatic rings. The van der Waals surface area contributed by atoms with Gasteiger partial charge in [0, 0.05) is 11.3 Å². The number of nitrogens with two attached hydrogens (primary N) is 1. The van der Waals surface area contributed by atoms with Crippen molar-refractivity contribution in [2.75, 3.05) is 5.75 Å². The van der Waals surface area contributed by atoms with Gasteiger partial charge in [-0.05, 0) is 29.9 Å². The van der Waals surface area contributed by atoms with Crippen LogP contribution in [0.3, 0.4) is 0 Å². The number of pyridine rings is 1. The molecule has 0 saturated heterocycles. The maximum atomic E-state index is 12.0. The van der Waals surface area contributed by atoms with Gasteiger partial charge in [-0.1, -0.05) is 23.7 Å². The zero-order chi connectivity index (χ0) is 14.6. The number of fused-ring (bicyclic) bond motifs is 4. The molecular weight excluding hydrogens is 306 g/mol. The van der Waals surface area contributed by atoms with E-state index in [0.717, 1.165) is 40.1 Å². The number of aromatic nitrogens is 2. The van der Waals surface area contributed by atoms with Crippen molar-refractivity contribution in [1.82, 2.24) is 9.38 Å². The van der Waals surface area contributed by atoms with E-state index < -0.39 is 5.91 Å². The number of halogens is 1. The number of thioether (sulfide) groups is 1. The lowest BCUT2D eigenvalue weighted by Crippen LogP contribution is -2.20. The van der Waals surface area contributed by atoms with E-state index in [-0.39, 0.29) is 0 Å². The van der Waals surface area contributed by atoms with Gasteiger partial charge >= 0.3 is 0 Å². The van der Waals surface area contributed by atoms with Crippen molar-refractivity contribution < 1.29 is 4.79 Å². The number of hydrogen-bond acceptors (Lipinski definition) is 3. The fraction of sp³-hybridized carbons (Fsp3) is 0.200. The van der Waals surface area contributed by atoms with Crippen LogP contribution in [0, 0.1) is 0 Å². The second kappa shape index (κ2) is 4.64. The lowest BCUT2D eigenvalue weighted by Gasteiger charge is -2.20. The standard InChI is InChI=1S/C15H12ClN3OS/c16-13-9-7-21-6-5-8(9)12(14(17)20)15-18-10-3-1-2-4-11(10)19(13)15/h1-4H,5-7H2,(H2,17,20). The summed E-state index contributed by atoms with van der Waals surface area (Å²) in [6, 6.07) is 7.72. The van der Waals surface area contributed by atoms with Gasteiger partial charge < -0.3 is 5.73 Å². The van der Waals surface area contributed by atoms with E-state index in [1.807, 2.05) is 40.4 Å². The fourth-order valence-corrected chi connectivity index (χ4v) is 4.41. The quantitative estimate of drug-likeness (QED) is 0.702. The highest BCUT2D eigenvalue weighted by atomic mass is 35.5. The van der Waals surface area contributed by atoms with Crippen LogP contribution in [0.15, 0.2) is 24.3 Å². The minimum Gasteiger partial charge on any atom is -0.365 e. The van der Waals surface area contributed by atoms with Gasteiger partial charge in [0.2, 0.25) is 0 Å². The van der Waals surface area contributed by atoms with Crippen molar-refractivity contribution in [2.24, 2.45) is 5.73 Å². The summed E-state index contributed by atoms with van der Waals surface area (Å²) in [4.78, 5) is 16.6. The van der Waals surface area contributed by atoms with Gasteiger partial charge in [-0.3, -0.25) is 9.20 Å². The third-order valence-electron chi connectivity index (χ3n) is 3.88.